The largest absolute Gasteiger partial charge is 0.478 e. The summed E-state index contributed by atoms with van der Waals surface area (Å²) in [5, 5.41) is 0. The molecule has 1 aliphatic rings. The Morgan fingerprint density at radius 1 is 1.11 bits per heavy atom. The number of nitrogens with zero attached hydrogens (tertiary/aromatic N) is 2. The highest BCUT2D eigenvalue weighted by Gasteiger charge is 2.14. The second kappa shape index (κ2) is 9.19. The molecule has 0 saturated heterocycles. The SMILES string of the molecule is CCS(=O)(=O)Nc1cccc(OCCCCN2CCc3ccccc3C2)n1. The van der Waals surface area contributed by atoms with Crippen molar-refractivity contribution in [2.24, 2.45) is 0 Å². The van der Waals surface area contributed by atoms with Crippen LogP contribution >= 0.6 is 0 Å². The quantitative estimate of drug-likeness (QED) is 0.668. The van der Waals surface area contributed by atoms with Crippen LogP contribution in [0.3, 0.4) is 0 Å². The molecule has 1 N–H and O–H groups in total. The fourth-order valence-electron chi connectivity index (χ4n) is 3.14. The van der Waals surface area contributed by atoms with Crippen LogP contribution in [0.1, 0.15) is 30.9 Å². The van der Waals surface area contributed by atoms with Gasteiger partial charge in [0.05, 0.1) is 12.4 Å². The topological polar surface area (TPSA) is 71.5 Å². The number of sulfonamides is 1. The van der Waals surface area contributed by atoms with E-state index >= 15 is 0 Å². The van der Waals surface area contributed by atoms with Gasteiger partial charge >= 0.3 is 0 Å². The number of anilines is 1. The van der Waals surface area contributed by atoms with Gasteiger partial charge in [0.1, 0.15) is 5.82 Å². The van der Waals surface area contributed by atoms with E-state index in [-0.39, 0.29) is 5.75 Å². The molecule has 7 heteroatoms. The zero-order valence-electron chi connectivity index (χ0n) is 15.7. The molecule has 0 bridgehead atoms. The minimum atomic E-state index is -3.33. The first-order chi connectivity index (χ1) is 13.1. The van der Waals surface area contributed by atoms with Crippen LogP contribution in [0.5, 0.6) is 5.88 Å². The van der Waals surface area contributed by atoms with Crippen LogP contribution in [-0.2, 0) is 23.0 Å². The molecule has 146 valence electrons. The summed E-state index contributed by atoms with van der Waals surface area (Å²) in [6.07, 6.45) is 3.12. The highest BCUT2D eigenvalue weighted by atomic mass is 32.2. The molecule has 1 aromatic carbocycles. The van der Waals surface area contributed by atoms with Gasteiger partial charge in [0.15, 0.2) is 0 Å². The Bertz CT molecular complexity index is 855. The smallest absolute Gasteiger partial charge is 0.233 e. The second-order valence-electron chi connectivity index (χ2n) is 6.72. The maximum absolute atomic E-state index is 11.6. The van der Waals surface area contributed by atoms with Crippen LogP contribution in [-0.4, -0.2) is 43.8 Å². The summed E-state index contributed by atoms with van der Waals surface area (Å²) in [7, 11) is -3.33. The van der Waals surface area contributed by atoms with Gasteiger partial charge in [-0.25, -0.2) is 8.42 Å². The van der Waals surface area contributed by atoms with Crippen molar-refractivity contribution in [3.63, 3.8) is 0 Å². The number of hydrogen-bond donors (Lipinski definition) is 1. The van der Waals surface area contributed by atoms with Crippen LogP contribution in [0.4, 0.5) is 5.82 Å². The molecule has 0 spiro atoms. The van der Waals surface area contributed by atoms with Crippen LogP contribution in [0.15, 0.2) is 42.5 Å². The zero-order chi connectivity index (χ0) is 19.1. The van der Waals surface area contributed by atoms with E-state index in [2.05, 4.69) is 38.9 Å². The Morgan fingerprint density at radius 2 is 1.93 bits per heavy atom. The molecule has 3 rings (SSSR count). The number of unbranched alkanes of at least 4 members (excludes halogenated alkanes) is 1. The predicted octanol–water partition coefficient (Wildman–Crippen LogP) is 3.06. The summed E-state index contributed by atoms with van der Waals surface area (Å²) in [5.74, 6) is 0.750. The highest BCUT2D eigenvalue weighted by molar-refractivity contribution is 7.92. The van der Waals surface area contributed by atoms with E-state index in [1.165, 1.54) is 11.1 Å². The summed E-state index contributed by atoms with van der Waals surface area (Å²) < 4.78 is 31.3. The molecule has 0 amide bonds. The van der Waals surface area contributed by atoms with Crippen molar-refractivity contribution in [3.8, 4) is 5.88 Å². The predicted molar refractivity (Wildman–Crippen MR) is 107 cm³/mol. The van der Waals surface area contributed by atoms with Gasteiger partial charge in [0.2, 0.25) is 15.9 Å². The van der Waals surface area contributed by atoms with Crippen LogP contribution in [0.2, 0.25) is 0 Å². The number of hydrogen-bond acceptors (Lipinski definition) is 5. The lowest BCUT2D eigenvalue weighted by Crippen LogP contribution is -2.31. The Morgan fingerprint density at radius 3 is 2.74 bits per heavy atom. The highest BCUT2D eigenvalue weighted by Crippen LogP contribution is 2.19. The van der Waals surface area contributed by atoms with Crippen LogP contribution < -0.4 is 9.46 Å². The van der Waals surface area contributed by atoms with E-state index < -0.39 is 10.0 Å². The van der Waals surface area contributed by atoms with E-state index in [4.69, 9.17) is 4.74 Å². The first kappa shape index (κ1) is 19.6. The van der Waals surface area contributed by atoms with Gasteiger partial charge in [0, 0.05) is 19.2 Å². The lowest BCUT2D eigenvalue weighted by Gasteiger charge is -2.28. The third-order valence-corrected chi connectivity index (χ3v) is 5.97. The number of fused-ring (bicyclic) bond motifs is 1. The van der Waals surface area contributed by atoms with Gasteiger partial charge < -0.3 is 4.74 Å². The maximum Gasteiger partial charge on any atom is 0.233 e. The minimum absolute atomic E-state index is 0.0146. The van der Waals surface area contributed by atoms with Crippen molar-refractivity contribution < 1.29 is 13.2 Å². The first-order valence-corrected chi connectivity index (χ1v) is 11.1. The van der Waals surface area contributed by atoms with Crippen molar-refractivity contribution >= 4 is 15.8 Å². The van der Waals surface area contributed by atoms with Gasteiger partial charge in [0.25, 0.3) is 0 Å². The number of rotatable bonds is 9. The molecule has 0 fully saturated rings. The maximum atomic E-state index is 11.6. The second-order valence-corrected chi connectivity index (χ2v) is 8.73. The molecular weight excluding hydrogens is 362 g/mol. The number of benzene rings is 1. The summed E-state index contributed by atoms with van der Waals surface area (Å²) in [4.78, 5) is 6.68. The van der Waals surface area contributed by atoms with Crippen molar-refractivity contribution in [1.29, 1.82) is 0 Å². The van der Waals surface area contributed by atoms with E-state index in [0.29, 0.717) is 18.3 Å². The molecule has 0 saturated carbocycles. The lowest BCUT2D eigenvalue weighted by molar-refractivity contribution is 0.233. The third-order valence-electron chi connectivity index (χ3n) is 4.69. The van der Waals surface area contributed by atoms with E-state index in [1.807, 2.05) is 0 Å². The van der Waals surface area contributed by atoms with Gasteiger partial charge in [-0.2, -0.15) is 4.98 Å². The number of pyridine rings is 1. The molecule has 6 nitrogen and oxygen atoms in total. The standard InChI is InChI=1S/C20H27N3O3S/c1-2-27(24,25)22-19-10-7-11-20(21-19)26-15-6-5-13-23-14-12-17-8-3-4-9-18(17)16-23/h3-4,7-11H,2,5-6,12-16H2,1H3,(H,21,22). The molecule has 2 aromatic rings. The molecule has 27 heavy (non-hydrogen) atoms. The van der Waals surface area contributed by atoms with E-state index in [0.717, 1.165) is 38.9 Å². The average Bonchev–Trinajstić information content (AvgIpc) is 2.67. The Balaban J connectivity index is 1.38. The van der Waals surface area contributed by atoms with Crippen molar-refractivity contribution in [2.45, 2.75) is 32.7 Å². The Hall–Kier alpha value is -2.12. The van der Waals surface area contributed by atoms with Crippen LogP contribution in [0, 0.1) is 0 Å². The number of ether oxygens (including phenoxy) is 1. The van der Waals surface area contributed by atoms with Gasteiger partial charge in [-0.1, -0.05) is 30.3 Å². The third kappa shape index (κ3) is 5.94. The Labute approximate surface area is 161 Å². The molecule has 1 aromatic heterocycles. The minimum Gasteiger partial charge on any atom is -0.478 e. The van der Waals surface area contributed by atoms with Gasteiger partial charge in [-0.05, 0) is 49.9 Å². The van der Waals surface area contributed by atoms with Gasteiger partial charge in [-0.15, -0.1) is 0 Å². The van der Waals surface area contributed by atoms with Gasteiger partial charge in [-0.3, -0.25) is 9.62 Å². The summed E-state index contributed by atoms with van der Waals surface area (Å²) in [5.41, 5.74) is 2.91. The normalized spacial score (nSPS) is 14.6. The fourth-order valence-corrected chi connectivity index (χ4v) is 3.72. The molecule has 2 heterocycles. The molecule has 0 unspecified atom stereocenters. The molecule has 0 atom stereocenters. The molecule has 0 radical (unpaired) electrons. The van der Waals surface area contributed by atoms with Crippen molar-refractivity contribution in [3.05, 3.63) is 53.6 Å². The number of nitrogens with one attached hydrogen (secondary N) is 1. The average molecular weight is 390 g/mol. The fraction of sp³-hybridized carbons (Fsp3) is 0.450. The molecule has 1 aliphatic heterocycles. The summed E-state index contributed by atoms with van der Waals surface area (Å²) in [6.45, 7) is 5.35. The van der Waals surface area contributed by atoms with E-state index in [9.17, 15) is 8.42 Å². The van der Waals surface area contributed by atoms with Crippen LogP contribution in [0.25, 0.3) is 0 Å². The lowest BCUT2D eigenvalue weighted by atomic mass is 10.00. The van der Waals surface area contributed by atoms with Crippen molar-refractivity contribution in [1.82, 2.24) is 9.88 Å². The molecule has 0 aliphatic carbocycles. The molecular formula is C20H27N3O3S. The summed E-state index contributed by atoms with van der Waals surface area (Å²) in [6, 6.07) is 13.8. The summed E-state index contributed by atoms with van der Waals surface area (Å²) >= 11 is 0. The number of aromatic nitrogens is 1. The first-order valence-electron chi connectivity index (χ1n) is 9.45. The monoisotopic (exact) mass is 389 g/mol. The Kier molecular flexibility index (Phi) is 6.68. The van der Waals surface area contributed by atoms with E-state index in [1.54, 1.807) is 25.1 Å². The zero-order valence-corrected chi connectivity index (χ0v) is 16.5. The van der Waals surface area contributed by atoms with Crippen molar-refractivity contribution in [2.75, 3.05) is 30.2 Å².